The minimum Gasteiger partial charge on any atom is -0.356 e. The van der Waals surface area contributed by atoms with E-state index in [-0.39, 0.29) is 6.04 Å². The molecular formula is C19H18N2S2. The summed E-state index contributed by atoms with van der Waals surface area (Å²) in [5.74, 6) is 0. The van der Waals surface area contributed by atoms with Gasteiger partial charge in [0.25, 0.3) is 0 Å². The molecule has 1 aromatic heterocycles. The number of para-hydroxylation sites is 1. The topological polar surface area (TPSA) is 24.1 Å². The number of thiocarbonyl (C=S) groups is 1. The summed E-state index contributed by atoms with van der Waals surface area (Å²) in [6.07, 6.45) is 0. The summed E-state index contributed by atoms with van der Waals surface area (Å²) in [7, 11) is 0. The van der Waals surface area contributed by atoms with Crippen molar-refractivity contribution in [1.29, 1.82) is 0 Å². The van der Waals surface area contributed by atoms with Gasteiger partial charge in [-0.25, -0.2) is 0 Å². The Kier molecular flexibility index (Phi) is 5.05. The van der Waals surface area contributed by atoms with E-state index < -0.39 is 0 Å². The van der Waals surface area contributed by atoms with Crippen molar-refractivity contribution >= 4 is 34.4 Å². The van der Waals surface area contributed by atoms with Crippen molar-refractivity contribution < 1.29 is 0 Å². The number of nitrogens with one attached hydrogen (secondary N) is 2. The van der Waals surface area contributed by atoms with Crippen LogP contribution < -0.4 is 10.6 Å². The van der Waals surface area contributed by atoms with Gasteiger partial charge in [-0.15, -0.1) is 11.3 Å². The second-order valence-corrected chi connectivity index (χ2v) is 6.61. The average Bonchev–Trinajstić information content (AvgIpc) is 3.10. The lowest BCUT2D eigenvalue weighted by Gasteiger charge is -2.18. The van der Waals surface area contributed by atoms with Crippen LogP contribution in [-0.2, 0) is 0 Å². The Morgan fingerprint density at radius 3 is 2.43 bits per heavy atom. The zero-order chi connectivity index (χ0) is 16.1. The van der Waals surface area contributed by atoms with Crippen LogP contribution >= 0.6 is 23.6 Å². The van der Waals surface area contributed by atoms with Crippen molar-refractivity contribution in [3.05, 3.63) is 77.7 Å². The van der Waals surface area contributed by atoms with Gasteiger partial charge in [0.15, 0.2) is 5.11 Å². The van der Waals surface area contributed by atoms with E-state index in [0.717, 1.165) is 5.69 Å². The van der Waals surface area contributed by atoms with Crippen molar-refractivity contribution in [3.63, 3.8) is 0 Å². The molecule has 0 spiro atoms. The average molecular weight is 339 g/mol. The molecule has 0 saturated carbocycles. The normalized spacial score (nSPS) is 11.7. The zero-order valence-electron chi connectivity index (χ0n) is 12.8. The fourth-order valence-electron chi connectivity index (χ4n) is 2.42. The van der Waals surface area contributed by atoms with Gasteiger partial charge in [-0.3, -0.25) is 0 Å². The van der Waals surface area contributed by atoms with E-state index in [1.807, 2.05) is 30.3 Å². The highest BCUT2D eigenvalue weighted by Gasteiger charge is 2.09. The molecule has 4 heteroatoms. The zero-order valence-corrected chi connectivity index (χ0v) is 14.5. The van der Waals surface area contributed by atoms with Gasteiger partial charge in [0, 0.05) is 16.1 Å². The van der Waals surface area contributed by atoms with Crippen LogP contribution in [0.2, 0.25) is 0 Å². The Bertz CT molecular complexity index is 767. The Morgan fingerprint density at radius 1 is 0.957 bits per heavy atom. The molecule has 2 aromatic carbocycles. The molecule has 116 valence electrons. The molecule has 0 aliphatic heterocycles. The maximum absolute atomic E-state index is 5.48. The van der Waals surface area contributed by atoms with Crippen molar-refractivity contribution in [3.8, 4) is 10.4 Å². The van der Waals surface area contributed by atoms with Gasteiger partial charge in [0.05, 0.1) is 6.04 Å². The SMILES string of the molecule is CC(NC(=S)Nc1ccccc1-c1cccs1)c1ccccc1. The van der Waals surface area contributed by atoms with Gasteiger partial charge in [-0.2, -0.15) is 0 Å². The highest BCUT2D eigenvalue weighted by Crippen LogP contribution is 2.31. The van der Waals surface area contributed by atoms with E-state index >= 15 is 0 Å². The molecule has 2 N–H and O–H groups in total. The molecule has 0 amide bonds. The number of anilines is 1. The van der Waals surface area contributed by atoms with Gasteiger partial charge in [-0.1, -0.05) is 54.6 Å². The first-order valence-corrected chi connectivity index (χ1v) is 8.78. The first-order chi connectivity index (χ1) is 11.2. The second kappa shape index (κ2) is 7.40. The molecule has 2 nitrogen and oxygen atoms in total. The maximum Gasteiger partial charge on any atom is 0.171 e. The monoisotopic (exact) mass is 338 g/mol. The third-order valence-corrected chi connectivity index (χ3v) is 4.73. The first-order valence-electron chi connectivity index (χ1n) is 7.49. The standard InChI is InChI=1S/C19H18N2S2/c1-14(15-8-3-2-4-9-15)20-19(22)21-17-11-6-5-10-16(17)18-12-7-13-23-18/h2-14H,1H3,(H2,20,21,22). The lowest BCUT2D eigenvalue weighted by Crippen LogP contribution is -2.31. The Balaban J connectivity index is 1.72. The van der Waals surface area contributed by atoms with Gasteiger partial charge in [0.1, 0.15) is 0 Å². The smallest absolute Gasteiger partial charge is 0.171 e. The van der Waals surface area contributed by atoms with Crippen molar-refractivity contribution in [1.82, 2.24) is 5.32 Å². The summed E-state index contributed by atoms with van der Waals surface area (Å²) in [5, 5.41) is 9.38. The molecule has 0 radical (unpaired) electrons. The van der Waals surface area contributed by atoms with Crippen molar-refractivity contribution in [2.75, 3.05) is 5.32 Å². The Labute approximate surface area is 146 Å². The van der Waals surface area contributed by atoms with Crippen LogP contribution in [0.1, 0.15) is 18.5 Å². The second-order valence-electron chi connectivity index (χ2n) is 5.25. The van der Waals surface area contributed by atoms with Crippen molar-refractivity contribution in [2.45, 2.75) is 13.0 Å². The largest absolute Gasteiger partial charge is 0.356 e. The summed E-state index contributed by atoms with van der Waals surface area (Å²) < 4.78 is 0. The highest BCUT2D eigenvalue weighted by molar-refractivity contribution is 7.80. The molecule has 0 aliphatic carbocycles. The summed E-state index contributed by atoms with van der Waals surface area (Å²) >= 11 is 7.21. The number of benzene rings is 2. The maximum atomic E-state index is 5.48. The molecule has 0 aliphatic rings. The lowest BCUT2D eigenvalue weighted by molar-refractivity contribution is 0.723. The Hall–Kier alpha value is -2.17. The summed E-state index contributed by atoms with van der Waals surface area (Å²) in [5.41, 5.74) is 3.40. The number of thiophene rings is 1. The van der Waals surface area contributed by atoms with Crippen molar-refractivity contribution in [2.24, 2.45) is 0 Å². The molecule has 3 aromatic rings. The quantitative estimate of drug-likeness (QED) is 0.617. The number of rotatable bonds is 4. The van der Waals surface area contributed by atoms with Crippen LogP contribution in [0.3, 0.4) is 0 Å². The molecule has 23 heavy (non-hydrogen) atoms. The summed E-state index contributed by atoms with van der Waals surface area (Å²) in [6, 6.07) is 22.8. The van der Waals surface area contributed by atoms with E-state index in [0.29, 0.717) is 5.11 Å². The molecule has 0 bridgehead atoms. The summed E-state index contributed by atoms with van der Waals surface area (Å²) in [6.45, 7) is 2.11. The molecular weight excluding hydrogens is 320 g/mol. The fraction of sp³-hybridized carbons (Fsp3) is 0.105. The predicted octanol–water partition coefficient (Wildman–Crippen LogP) is 5.46. The third kappa shape index (κ3) is 3.97. The Morgan fingerprint density at radius 2 is 1.70 bits per heavy atom. The number of hydrogen-bond acceptors (Lipinski definition) is 2. The molecule has 3 rings (SSSR count). The van der Waals surface area contributed by atoms with Gasteiger partial charge in [0.2, 0.25) is 0 Å². The van der Waals surface area contributed by atoms with Gasteiger partial charge in [-0.05, 0) is 42.2 Å². The predicted molar refractivity (Wildman–Crippen MR) is 104 cm³/mol. The third-order valence-electron chi connectivity index (χ3n) is 3.61. The molecule has 1 unspecified atom stereocenters. The summed E-state index contributed by atoms with van der Waals surface area (Å²) in [4.78, 5) is 1.23. The number of hydrogen-bond donors (Lipinski definition) is 2. The van der Waals surface area contributed by atoms with E-state index in [1.54, 1.807) is 11.3 Å². The highest BCUT2D eigenvalue weighted by atomic mass is 32.1. The first kappa shape index (κ1) is 15.7. The van der Waals surface area contributed by atoms with E-state index in [2.05, 4.69) is 59.3 Å². The van der Waals surface area contributed by atoms with Crippen LogP contribution in [0.4, 0.5) is 5.69 Å². The van der Waals surface area contributed by atoms with Crippen LogP contribution in [0, 0.1) is 0 Å². The van der Waals surface area contributed by atoms with Crippen LogP contribution in [0.25, 0.3) is 10.4 Å². The molecule has 1 atom stereocenters. The van der Waals surface area contributed by atoms with Gasteiger partial charge >= 0.3 is 0 Å². The van der Waals surface area contributed by atoms with E-state index in [9.17, 15) is 0 Å². The minimum absolute atomic E-state index is 0.158. The van der Waals surface area contributed by atoms with E-state index in [4.69, 9.17) is 12.2 Å². The van der Waals surface area contributed by atoms with Crippen LogP contribution in [-0.4, -0.2) is 5.11 Å². The van der Waals surface area contributed by atoms with Crippen LogP contribution in [0.5, 0.6) is 0 Å². The molecule has 0 saturated heterocycles. The lowest BCUT2D eigenvalue weighted by atomic mass is 10.1. The molecule has 0 fully saturated rings. The molecule has 1 heterocycles. The van der Waals surface area contributed by atoms with Gasteiger partial charge < -0.3 is 10.6 Å². The fourth-order valence-corrected chi connectivity index (χ4v) is 3.47. The minimum atomic E-state index is 0.158. The van der Waals surface area contributed by atoms with Crippen LogP contribution in [0.15, 0.2) is 72.1 Å². The van der Waals surface area contributed by atoms with E-state index in [1.165, 1.54) is 16.0 Å².